The Bertz CT molecular complexity index is 1390. The molecule has 0 amide bonds. The molecular formula is C47H83O16P. The van der Waals surface area contributed by atoms with E-state index in [1.807, 2.05) is 6.92 Å². The number of cyclic esters (lactones) is 1. The summed E-state index contributed by atoms with van der Waals surface area (Å²) in [5, 5.41) is 78.4. The second-order valence-electron chi connectivity index (χ2n) is 17.8. The molecule has 17 heteroatoms. The van der Waals surface area contributed by atoms with Gasteiger partial charge in [-0.15, -0.1) is 0 Å². The lowest BCUT2D eigenvalue weighted by atomic mass is 9.84. The van der Waals surface area contributed by atoms with E-state index in [-0.39, 0.29) is 25.7 Å². The van der Waals surface area contributed by atoms with Crippen molar-refractivity contribution >= 4 is 25.5 Å². The van der Waals surface area contributed by atoms with Gasteiger partial charge in [0, 0.05) is 31.1 Å². The van der Waals surface area contributed by atoms with Crippen molar-refractivity contribution in [3.63, 3.8) is 0 Å². The minimum Gasteiger partial charge on any atom is -0.462 e. The molecule has 0 aromatic heterocycles. The van der Waals surface area contributed by atoms with Gasteiger partial charge in [0.25, 0.3) is 0 Å². The third-order valence-electron chi connectivity index (χ3n) is 12.2. The largest absolute Gasteiger partial charge is 0.472 e. The fourth-order valence-corrected chi connectivity index (χ4v) is 9.08. The van der Waals surface area contributed by atoms with Crippen LogP contribution in [-0.2, 0) is 37.5 Å². The number of fused-ring (bicyclic) bond motifs is 4. The van der Waals surface area contributed by atoms with Crippen molar-refractivity contribution in [2.45, 2.75) is 229 Å². The molecule has 0 aromatic rings. The summed E-state index contributed by atoms with van der Waals surface area (Å²) in [6.07, 6.45) is 7.72. The van der Waals surface area contributed by atoms with E-state index in [1.54, 1.807) is 6.08 Å². The number of aliphatic hydroxyl groups is 7. The molecule has 1 aliphatic carbocycles. The van der Waals surface area contributed by atoms with Crippen LogP contribution >= 0.6 is 7.82 Å². The summed E-state index contributed by atoms with van der Waals surface area (Å²) in [5.41, 5.74) is 0. The third-order valence-corrected chi connectivity index (χ3v) is 13.1. The molecule has 0 aromatic carbocycles. The first-order valence-corrected chi connectivity index (χ1v) is 25.7. The van der Waals surface area contributed by atoms with Gasteiger partial charge in [0.2, 0.25) is 0 Å². The molecule has 16 nitrogen and oxygen atoms in total. The highest BCUT2D eigenvalue weighted by atomic mass is 31.2. The van der Waals surface area contributed by atoms with Crippen molar-refractivity contribution in [1.29, 1.82) is 0 Å². The van der Waals surface area contributed by atoms with E-state index in [1.165, 1.54) is 82.4 Å². The van der Waals surface area contributed by atoms with Crippen LogP contribution in [0.2, 0.25) is 0 Å². The Balaban J connectivity index is 2.14. The number of ether oxygens (including phenoxy) is 2. The van der Waals surface area contributed by atoms with Crippen LogP contribution in [0.3, 0.4) is 0 Å². The highest BCUT2D eigenvalue weighted by Crippen LogP contribution is 2.47. The molecule has 2 aliphatic rings. The van der Waals surface area contributed by atoms with E-state index in [0.717, 1.165) is 38.5 Å². The maximum absolute atomic E-state index is 13.6. The smallest absolute Gasteiger partial charge is 0.462 e. The number of aliphatic hydroxyl groups excluding tert-OH is 7. The maximum atomic E-state index is 13.6. The zero-order valence-corrected chi connectivity index (χ0v) is 39.4. The van der Waals surface area contributed by atoms with Gasteiger partial charge in [-0.3, -0.25) is 23.4 Å². The van der Waals surface area contributed by atoms with Gasteiger partial charge in [-0.25, -0.2) is 4.57 Å². The van der Waals surface area contributed by atoms with E-state index >= 15 is 0 Å². The first-order chi connectivity index (χ1) is 30.6. The average molecular weight is 935 g/mol. The third kappa shape index (κ3) is 23.6. The molecule has 0 radical (unpaired) electrons. The number of rotatable bonds is 24. The Morgan fingerprint density at radius 3 is 1.95 bits per heavy atom. The van der Waals surface area contributed by atoms with Crippen LogP contribution in [0.5, 0.6) is 0 Å². The SMILES string of the molecule is CCCCCCCCCCCCCCCCCC(=O)OC[C@@H]1COP(=O)(O)O[C@H]2[C@H](O)[C@@H](O)[C@H](O)[C@@H](C/C=C\CCCC(=O)O1)C(=O)C[C@@H](O)[C@H](/C=C/[C@@H](O)CCCCC)[C@@H](O)[C@H]2O. The van der Waals surface area contributed by atoms with Gasteiger partial charge in [0.05, 0.1) is 31.0 Å². The summed E-state index contributed by atoms with van der Waals surface area (Å²) in [5.74, 6) is -5.04. The zero-order chi connectivity index (χ0) is 47.3. The predicted molar refractivity (Wildman–Crippen MR) is 241 cm³/mol. The van der Waals surface area contributed by atoms with Crippen LogP contribution in [0.15, 0.2) is 24.3 Å². The van der Waals surface area contributed by atoms with E-state index in [0.29, 0.717) is 25.7 Å². The Hall–Kier alpha value is -2.08. The number of unbranched alkanes of at least 4 members (excludes halogenated alkanes) is 16. The van der Waals surface area contributed by atoms with Crippen LogP contribution in [0.1, 0.15) is 174 Å². The second-order valence-corrected chi connectivity index (χ2v) is 19.2. The summed E-state index contributed by atoms with van der Waals surface area (Å²) in [6, 6.07) is 0. The lowest BCUT2D eigenvalue weighted by Crippen LogP contribution is -2.55. The van der Waals surface area contributed by atoms with Crippen molar-refractivity contribution in [1.82, 2.24) is 0 Å². The van der Waals surface area contributed by atoms with Gasteiger partial charge < -0.3 is 50.1 Å². The minimum atomic E-state index is -5.45. The number of carbonyl (C=O) groups excluding carboxylic acids is 3. The van der Waals surface area contributed by atoms with Crippen LogP contribution in [0, 0.1) is 11.8 Å². The molecule has 1 aliphatic heterocycles. The number of ketones is 1. The first kappa shape index (κ1) is 58.0. The number of phosphoric ester groups is 1. The molecule has 1 heterocycles. The molecule has 8 N–H and O–H groups in total. The van der Waals surface area contributed by atoms with Gasteiger partial charge in [-0.05, 0) is 32.1 Å². The summed E-state index contributed by atoms with van der Waals surface area (Å²) in [6.45, 7) is 2.81. The number of phosphoric acid groups is 1. The molecule has 1 saturated carbocycles. The quantitative estimate of drug-likeness (QED) is 0.0232. The van der Waals surface area contributed by atoms with Crippen molar-refractivity contribution in [3.8, 4) is 0 Å². The molecule has 372 valence electrons. The second kappa shape index (κ2) is 33.4. The van der Waals surface area contributed by atoms with Gasteiger partial charge in [-0.1, -0.05) is 147 Å². The fraction of sp³-hybridized carbons (Fsp3) is 0.851. The standard InChI is InChI=1S/C47H83O16P/c1-3-5-7-8-9-10-11-12-13-14-15-16-17-18-23-27-40(51)60-32-35-33-61-64(58,59)63-47-45(56)43(54)37(30-29-34(48)25-21-6-4-2)39(50)31-38(49)36(42(53)44(55)46(47)57)26-22-19-20-24-28-41(52)62-35/h19,22,29-30,34-37,39,42-48,50,53-57H,3-18,20-21,23-28,31-33H2,1-2H3,(H,58,59)/b22-19-,30-29+/t34-,35+,36-,37-,39+,42+,43+,44-,45+,46+,47+/m0/s1. The zero-order valence-electron chi connectivity index (χ0n) is 38.5. The Morgan fingerprint density at radius 1 is 0.781 bits per heavy atom. The van der Waals surface area contributed by atoms with Crippen molar-refractivity contribution in [2.24, 2.45) is 11.8 Å². The number of allylic oxidation sites excluding steroid dienone is 2. The van der Waals surface area contributed by atoms with E-state index < -0.39 is 112 Å². The predicted octanol–water partition coefficient (Wildman–Crippen LogP) is 6.20. The maximum Gasteiger partial charge on any atom is 0.472 e. The summed E-state index contributed by atoms with van der Waals surface area (Å²) >= 11 is 0. The average Bonchev–Trinajstić information content (AvgIpc) is 3.26. The molecule has 64 heavy (non-hydrogen) atoms. The lowest BCUT2D eigenvalue weighted by Gasteiger charge is -2.36. The molecular weight excluding hydrogens is 851 g/mol. The van der Waals surface area contributed by atoms with E-state index in [4.69, 9.17) is 18.5 Å². The highest BCUT2D eigenvalue weighted by molar-refractivity contribution is 7.47. The van der Waals surface area contributed by atoms with Gasteiger partial charge in [-0.2, -0.15) is 0 Å². The molecule has 0 saturated heterocycles. The number of esters is 2. The number of Topliss-reactive ketones (excluding diaryl/α,β-unsaturated/α-hetero) is 1. The molecule has 1 unspecified atom stereocenters. The summed E-state index contributed by atoms with van der Waals surface area (Å²) < 4.78 is 34.6. The van der Waals surface area contributed by atoms with Gasteiger partial charge in [0.15, 0.2) is 6.10 Å². The van der Waals surface area contributed by atoms with Crippen molar-refractivity contribution in [2.75, 3.05) is 13.2 Å². The van der Waals surface area contributed by atoms with E-state index in [9.17, 15) is 59.6 Å². The van der Waals surface area contributed by atoms with Crippen LogP contribution in [0.25, 0.3) is 0 Å². The van der Waals surface area contributed by atoms with Crippen LogP contribution in [0.4, 0.5) is 0 Å². The number of carbonyl (C=O) groups is 3. The molecule has 1 fully saturated rings. The first-order valence-electron chi connectivity index (χ1n) is 24.2. The number of hydrogen-bond donors (Lipinski definition) is 8. The monoisotopic (exact) mass is 935 g/mol. The summed E-state index contributed by atoms with van der Waals surface area (Å²) in [7, 11) is -5.45. The minimum absolute atomic E-state index is 0.108. The molecule has 2 rings (SSSR count). The highest BCUT2D eigenvalue weighted by Gasteiger charge is 2.49. The lowest BCUT2D eigenvalue weighted by molar-refractivity contribution is -0.166. The fourth-order valence-electron chi connectivity index (χ4n) is 8.11. The number of hydrogen-bond acceptors (Lipinski definition) is 15. The molecule has 0 spiro atoms. The van der Waals surface area contributed by atoms with E-state index in [2.05, 4.69) is 6.92 Å². The Kier molecular flexibility index (Phi) is 30.3. The van der Waals surface area contributed by atoms with Crippen LogP contribution in [-0.4, -0.2) is 127 Å². The van der Waals surface area contributed by atoms with Crippen LogP contribution < -0.4 is 0 Å². The Labute approximate surface area is 381 Å². The van der Waals surface area contributed by atoms with Crippen molar-refractivity contribution in [3.05, 3.63) is 24.3 Å². The topological polar surface area (TPSA) is 267 Å². The van der Waals surface area contributed by atoms with Crippen molar-refractivity contribution < 1.29 is 78.1 Å². The Morgan fingerprint density at radius 2 is 1.34 bits per heavy atom. The normalized spacial score (nSPS) is 31.5. The van der Waals surface area contributed by atoms with Gasteiger partial charge in [0.1, 0.15) is 36.8 Å². The molecule has 12 atom stereocenters. The molecule has 2 bridgehead atoms. The van der Waals surface area contributed by atoms with Gasteiger partial charge >= 0.3 is 19.8 Å². The summed E-state index contributed by atoms with van der Waals surface area (Å²) in [4.78, 5) is 50.0.